The van der Waals surface area contributed by atoms with Crippen LogP contribution in [0.1, 0.15) is 49.3 Å². The lowest BCUT2D eigenvalue weighted by atomic mass is 9.93. The van der Waals surface area contributed by atoms with Crippen LogP contribution in [0.3, 0.4) is 0 Å². The van der Waals surface area contributed by atoms with E-state index in [2.05, 4.69) is 16.0 Å². The number of hydrogen-bond donors (Lipinski definition) is 3. The normalized spacial score (nSPS) is 21.2. The maximum absolute atomic E-state index is 12.5. The van der Waals surface area contributed by atoms with Crippen molar-refractivity contribution in [1.82, 2.24) is 10.6 Å². The van der Waals surface area contributed by atoms with E-state index in [1.54, 1.807) is 0 Å². The highest BCUT2D eigenvalue weighted by atomic mass is 16.5. The summed E-state index contributed by atoms with van der Waals surface area (Å²) >= 11 is 0. The highest BCUT2D eigenvalue weighted by Gasteiger charge is 2.34. The summed E-state index contributed by atoms with van der Waals surface area (Å²) < 4.78 is 5.02. The molecule has 0 saturated heterocycles. The zero-order chi connectivity index (χ0) is 18.5. The van der Waals surface area contributed by atoms with Gasteiger partial charge in [-0.15, -0.1) is 0 Å². The second kappa shape index (κ2) is 8.36. The third-order valence-corrected chi connectivity index (χ3v) is 5.27. The average Bonchev–Trinajstić information content (AvgIpc) is 2.66. The first-order valence-electron chi connectivity index (χ1n) is 9.37. The van der Waals surface area contributed by atoms with Crippen molar-refractivity contribution in [3.05, 3.63) is 46.7 Å². The summed E-state index contributed by atoms with van der Waals surface area (Å²) in [7, 11) is 1.38. The monoisotopic (exact) mass is 358 g/mol. The van der Waals surface area contributed by atoms with Crippen LogP contribution >= 0.6 is 0 Å². The van der Waals surface area contributed by atoms with Crippen molar-refractivity contribution in [3.63, 3.8) is 0 Å². The molecule has 1 aromatic rings. The largest absolute Gasteiger partial charge is 0.466 e. The lowest BCUT2D eigenvalue weighted by Crippen LogP contribution is -2.91. The van der Waals surface area contributed by atoms with Gasteiger partial charge in [0.15, 0.2) is 0 Å². The maximum Gasteiger partial charge on any atom is 0.338 e. The SMILES string of the molecule is COC(=O)C1=C(C[NH2+]C2CCCCC2)NC(=O)N[C@H]1c1ccc(C)cc1. The first kappa shape index (κ1) is 18.5. The first-order valence-corrected chi connectivity index (χ1v) is 9.37. The van der Waals surface area contributed by atoms with Gasteiger partial charge >= 0.3 is 12.0 Å². The van der Waals surface area contributed by atoms with E-state index in [4.69, 9.17) is 4.74 Å². The van der Waals surface area contributed by atoms with Crippen molar-refractivity contribution in [2.45, 2.75) is 51.1 Å². The number of amides is 2. The van der Waals surface area contributed by atoms with Crippen LogP contribution in [0, 0.1) is 6.92 Å². The molecule has 140 valence electrons. The molecule has 1 saturated carbocycles. The number of carbonyl (C=O) groups is 2. The van der Waals surface area contributed by atoms with E-state index in [-0.39, 0.29) is 6.03 Å². The molecule has 0 spiro atoms. The fourth-order valence-corrected chi connectivity index (χ4v) is 3.79. The van der Waals surface area contributed by atoms with Gasteiger partial charge in [-0.05, 0) is 38.2 Å². The van der Waals surface area contributed by atoms with Crippen LogP contribution in [0.5, 0.6) is 0 Å². The van der Waals surface area contributed by atoms with Crippen molar-refractivity contribution in [2.24, 2.45) is 0 Å². The summed E-state index contributed by atoms with van der Waals surface area (Å²) in [6, 6.07) is 7.62. The summed E-state index contributed by atoms with van der Waals surface area (Å²) in [5.41, 5.74) is 3.14. The Morgan fingerprint density at radius 2 is 1.88 bits per heavy atom. The predicted octanol–water partition coefficient (Wildman–Crippen LogP) is 1.67. The molecule has 1 aromatic carbocycles. The highest BCUT2D eigenvalue weighted by Crippen LogP contribution is 2.27. The molecule has 26 heavy (non-hydrogen) atoms. The lowest BCUT2D eigenvalue weighted by Gasteiger charge is -2.29. The van der Waals surface area contributed by atoms with E-state index < -0.39 is 12.0 Å². The Kier molecular flexibility index (Phi) is 5.93. The van der Waals surface area contributed by atoms with Crippen molar-refractivity contribution in [3.8, 4) is 0 Å². The van der Waals surface area contributed by atoms with Crippen LogP contribution in [0.2, 0.25) is 0 Å². The van der Waals surface area contributed by atoms with Crippen LogP contribution in [-0.4, -0.2) is 31.7 Å². The van der Waals surface area contributed by atoms with Crippen molar-refractivity contribution < 1.29 is 19.6 Å². The van der Waals surface area contributed by atoms with Gasteiger partial charge in [-0.3, -0.25) is 0 Å². The van der Waals surface area contributed by atoms with Crippen molar-refractivity contribution in [2.75, 3.05) is 13.7 Å². The van der Waals surface area contributed by atoms with Crippen molar-refractivity contribution in [1.29, 1.82) is 0 Å². The van der Waals surface area contributed by atoms with Gasteiger partial charge in [0.25, 0.3) is 0 Å². The second-order valence-corrected chi connectivity index (χ2v) is 7.16. The summed E-state index contributed by atoms with van der Waals surface area (Å²) in [6.45, 7) is 2.58. The molecule has 6 heteroatoms. The van der Waals surface area contributed by atoms with E-state index in [0.29, 0.717) is 23.9 Å². The maximum atomic E-state index is 12.5. The summed E-state index contributed by atoms with van der Waals surface area (Å²) in [4.78, 5) is 24.7. The zero-order valence-corrected chi connectivity index (χ0v) is 15.5. The Labute approximate surface area is 154 Å². The van der Waals surface area contributed by atoms with Crippen LogP contribution in [0.4, 0.5) is 4.79 Å². The number of rotatable bonds is 5. The standard InChI is InChI=1S/C20H27N3O3/c1-13-8-10-14(11-9-13)18-17(19(24)26-2)16(22-20(25)23-18)12-21-15-6-4-3-5-7-15/h8-11,15,18,21H,3-7,12H2,1-2H3,(H2,22,23,25)/p+1/t18-/m0/s1. The molecule has 1 fully saturated rings. The first-order chi connectivity index (χ1) is 12.6. The van der Waals surface area contributed by atoms with Crippen molar-refractivity contribution >= 4 is 12.0 Å². The number of nitrogens with one attached hydrogen (secondary N) is 2. The van der Waals surface area contributed by atoms with E-state index >= 15 is 0 Å². The second-order valence-electron chi connectivity index (χ2n) is 7.16. The molecule has 3 rings (SSSR count). The van der Waals surface area contributed by atoms with Crippen LogP contribution in [0.25, 0.3) is 0 Å². The molecular weight excluding hydrogens is 330 g/mol. The Morgan fingerprint density at radius 1 is 1.19 bits per heavy atom. The minimum atomic E-state index is -0.494. The molecule has 2 amide bonds. The summed E-state index contributed by atoms with van der Waals surface area (Å²) in [5.74, 6) is -0.407. The molecule has 1 aliphatic carbocycles. The summed E-state index contributed by atoms with van der Waals surface area (Å²) in [5, 5.41) is 7.94. The molecule has 0 aromatic heterocycles. The van der Waals surface area contributed by atoms with Gasteiger partial charge in [0.05, 0.1) is 30.5 Å². The molecule has 1 aliphatic heterocycles. The number of carbonyl (C=O) groups excluding carboxylic acids is 2. The number of aryl methyl sites for hydroxylation is 1. The topological polar surface area (TPSA) is 84.0 Å². The fourth-order valence-electron chi connectivity index (χ4n) is 3.79. The Bertz CT molecular complexity index is 691. The number of urea groups is 1. The molecular formula is C20H28N3O3+. The zero-order valence-electron chi connectivity index (χ0n) is 15.5. The number of ether oxygens (including phenoxy) is 1. The number of methoxy groups -OCH3 is 1. The molecule has 1 heterocycles. The van der Waals surface area contributed by atoms with Crippen LogP contribution in [0.15, 0.2) is 35.5 Å². The van der Waals surface area contributed by atoms with Gasteiger partial charge in [-0.2, -0.15) is 0 Å². The molecule has 0 unspecified atom stereocenters. The van der Waals surface area contributed by atoms with Crippen LogP contribution in [-0.2, 0) is 9.53 Å². The molecule has 1 atom stereocenters. The summed E-state index contributed by atoms with van der Waals surface area (Å²) in [6.07, 6.45) is 6.19. The van der Waals surface area contributed by atoms with E-state index in [1.165, 1.54) is 39.2 Å². The van der Waals surface area contributed by atoms with E-state index in [0.717, 1.165) is 11.1 Å². The number of quaternary nitrogens is 1. The Morgan fingerprint density at radius 3 is 2.54 bits per heavy atom. The van der Waals surface area contributed by atoms with E-state index in [9.17, 15) is 9.59 Å². The van der Waals surface area contributed by atoms with Crippen LogP contribution < -0.4 is 16.0 Å². The van der Waals surface area contributed by atoms with Gasteiger partial charge in [-0.1, -0.05) is 36.2 Å². The molecule has 6 nitrogen and oxygen atoms in total. The van der Waals surface area contributed by atoms with Gasteiger partial charge in [0.1, 0.15) is 6.54 Å². The third kappa shape index (κ3) is 4.25. The highest BCUT2D eigenvalue weighted by molar-refractivity contribution is 5.95. The minimum absolute atomic E-state index is 0.282. The van der Waals surface area contributed by atoms with Gasteiger partial charge in [-0.25, -0.2) is 9.59 Å². The number of benzene rings is 1. The predicted molar refractivity (Wildman–Crippen MR) is 98.3 cm³/mol. The number of hydrogen-bond acceptors (Lipinski definition) is 3. The Balaban J connectivity index is 1.88. The molecule has 2 aliphatic rings. The van der Waals surface area contributed by atoms with Gasteiger partial charge in [0, 0.05) is 0 Å². The van der Waals surface area contributed by atoms with E-state index in [1.807, 2.05) is 31.2 Å². The fraction of sp³-hybridized carbons (Fsp3) is 0.500. The minimum Gasteiger partial charge on any atom is -0.466 e. The molecule has 4 N–H and O–H groups in total. The molecule has 0 radical (unpaired) electrons. The third-order valence-electron chi connectivity index (χ3n) is 5.27. The van der Waals surface area contributed by atoms with Gasteiger partial charge in [0.2, 0.25) is 0 Å². The number of nitrogens with two attached hydrogens (primary N) is 1. The number of esters is 1. The Hall–Kier alpha value is -2.34. The molecule has 0 bridgehead atoms. The quantitative estimate of drug-likeness (QED) is 0.700. The smallest absolute Gasteiger partial charge is 0.338 e. The average molecular weight is 358 g/mol. The lowest BCUT2D eigenvalue weighted by molar-refractivity contribution is -0.685. The van der Waals surface area contributed by atoms with Gasteiger partial charge < -0.3 is 20.7 Å².